The summed E-state index contributed by atoms with van der Waals surface area (Å²) in [5, 5.41) is 0.537. The van der Waals surface area contributed by atoms with Crippen LogP contribution in [0.4, 0.5) is 0 Å². The molecule has 5 heteroatoms. The van der Waals surface area contributed by atoms with E-state index >= 15 is 0 Å². The zero-order valence-corrected chi connectivity index (χ0v) is 12.4. The monoisotopic (exact) mass is 304 g/mol. The second-order valence-corrected chi connectivity index (χ2v) is 5.55. The number of ether oxygens (including phenoxy) is 2. The normalized spacial score (nSPS) is 15.9. The van der Waals surface area contributed by atoms with Crippen LogP contribution in [0, 0.1) is 5.92 Å². The molecule has 4 nitrogen and oxygen atoms in total. The molecule has 0 spiro atoms. The molecule has 1 aliphatic rings. The van der Waals surface area contributed by atoms with Gasteiger partial charge in [0.05, 0.1) is 11.6 Å². The van der Waals surface area contributed by atoms with Crippen molar-refractivity contribution in [3.8, 4) is 17.1 Å². The summed E-state index contributed by atoms with van der Waals surface area (Å²) in [6, 6.07) is 7.82. The molecule has 0 radical (unpaired) electrons. The van der Waals surface area contributed by atoms with E-state index in [0.29, 0.717) is 16.8 Å². The van der Waals surface area contributed by atoms with Crippen LogP contribution < -0.4 is 4.74 Å². The molecule has 1 fully saturated rings. The van der Waals surface area contributed by atoms with Gasteiger partial charge in [0.15, 0.2) is 5.82 Å². The van der Waals surface area contributed by atoms with Gasteiger partial charge in [0, 0.05) is 31.2 Å². The maximum absolute atomic E-state index is 5.84. The van der Waals surface area contributed by atoms with Gasteiger partial charge in [0.1, 0.15) is 5.75 Å². The van der Waals surface area contributed by atoms with Crippen LogP contribution in [0.1, 0.15) is 12.8 Å². The fourth-order valence-corrected chi connectivity index (χ4v) is 2.39. The Bertz CT molecular complexity index is 566. The van der Waals surface area contributed by atoms with Gasteiger partial charge in [0.25, 0.3) is 0 Å². The molecule has 1 aliphatic heterocycles. The average molecular weight is 305 g/mol. The first kappa shape index (κ1) is 14.3. The van der Waals surface area contributed by atoms with Crippen molar-refractivity contribution in [1.29, 1.82) is 0 Å². The van der Waals surface area contributed by atoms with Gasteiger partial charge >= 0.3 is 0 Å². The van der Waals surface area contributed by atoms with Crippen molar-refractivity contribution in [2.75, 3.05) is 19.8 Å². The average Bonchev–Trinajstić information content (AvgIpc) is 2.55. The maximum Gasteiger partial charge on any atom is 0.159 e. The van der Waals surface area contributed by atoms with Crippen molar-refractivity contribution >= 4 is 11.6 Å². The Hall–Kier alpha value is -1.65. The predicted octanol–water partition coefficient (Wildman–Crippen LogP) is 3.60. The van der Waals surface area contributed by atoms with Crippen molar-refractivity contribution in [3.05, 3.63) is 41.7 Å². The Balaban J connectivity index is 1.59. The van der Waals surface area contributed by atoms with E-state index < -0.39 is 0 Å². The first-order valence-corrected chi connectivity index (χ1v) is 7.47. The summed E-state index contributed by atoms with van der Waals surface area (Å²) in [6.45, 7) is 2.45. The van der Waals surface area contributed by atoms with Gasteiger partial charge in [-0.25, -0.2) is 9.97 Å². The molecule has 0 N–H and O–H groups in total. The number of rotatable bonds is 4. The minimum Gasteiger partial charge on any atom is -0.493 e. The third-order valence-corrected chi connectivity index (χ3v) is 3.75. The number of hydrogen-bond donors (Lipinski definition) is 0. The van der Waals surface area contributed by atoms with E-state index in [0.717, 1.165) is 44.0 Å². The molecule has 2 aromatic rings. The summed E-state index contributed by atoms with van der Waals surface area (Å²) in [6.07, 6.45) is 5.35. The summed E-state index contributed by atoms with van der Waals surface area (Å²) in [7, 11) is 0. The van der Waals surface area contributed by atoms with Crippen molar-refractivity contribution in [2.45, 2.75) is 12.8 Å². The standard InChI is InChI=1S/C16H17ClN2O2/c17-14-9-18-16(19-10-14)13-1-3-15(4-2-13)21-11-12-5-7-20-8-6-12/h1-4,9-10,12H,5-8,11H2. The molecule has 0 saturated carbocycles. The van der Waals surface area contributed by atoms with Gasteiger partial charge in [-0.1, -0.05) is 11.6 Å². The number of halogens is 1. The van der Waals surface area contributed by atoms with Crippen molar-refractivity contribution in [2.24, 2.45) is 5.92 Å². The topological polar surface area (TPSA) is 44.2 Å². The quantitative estimate of drug-likeness (QED) is 0.865. The summed E-state index contributed by atoms with van der Waals surface area (Å²) >= 11 is 5.79. The van der Waals surface area contributed by atoms with Gasteiger partial charge in [-0.15, -0.1) is 0 Å². The highest BCUT2D eigenvalue weighted by molar-refractivity contribution is 6.30. The van der Waals surface area contributed by atoms with E-state index in [9.17, 15) is 0 Å². The molecule has 1 aromatic carbocycles. The largest absolute Gasteiger partial charge is 0.493 e. The van der Waals surface area contributed by atoms with E-state index in [1.165, 1.54) is 0 Å². The van der Waals surface area contributed by atoms with E-state index in [-0.39, 0.29) is 0 Å². The maximum atomic E-state index is 5.84. The van der Waals surface area contributed by atoms with Crippen LogP contribution in [0.15, 0.2) is 36.7 Å². The molecule has 0 atom stereocenters. The highest BCUT2D eigenvalue weighted by Gasteiger charge is 2.14. The third kappa shape index (κ3) is 3.93. The fraction of sp³-hybridized carbons (Fsp3) is 0.375. The van der Waals surface area contributed by atoms with Crippen LogP contribution >= 0.6 is 11.6 Å². The summed E-state index contributed by atoms with van der Waals surface area (Å²) in [5.41, 5.74) is 0.949. The predicted molar refractivity (Wildman–Crippen MR) is 81.5 cm³/mol. The first-order chi connectivity index (χ1) is 10.3. The second-order valence-electron chi connectivity index (χ2n) is 5.12. The lowest BCUT2D eigenvalue weighted by molar-refractivity contribution is 0.0497. The molecule has 0 aliphatic carbocycles. The van der Waals surface area contributed by atoms with Gasteiger partial charge in [-0.2, -0.15) is 0 Å². The Morgan fingerprint density at radius 2 is 1.76 bits per heavy atom. The Labute approximate surface area is 129 Å². The Morgan fingerprint density at radius 1 is 1.10 bits per heavy atom. The smallest absolute Gasteiger partial charge is 0.159 e. The number of aromatic nitrogens is 2. The zero-order valence-electron chi connectivity index (χ0n) is 11.7. The summed E-state index contributed by atoms with van der Waals surface area (Å²) < 4.78 is 11.2. The summed E-state index contributed by atoms with van der Waals surface area (Å²) in [4.78, 5) is 8.40. The number of hydrogen-bond acceptors (Lipinski definition) is 4. The highest BCUT2D eigenvalue weighted by atomic mass is 35.5. The molecule has 3 rings (SSSR count). The lowest BCUT2D eigenvalue weighted by atomic mass is 10.0. The molecule has 1 aromatic heterocycles. The van der Waals surface area contributed by atoms with Crippen LogP contribution in [0.2, 0.25) is 5.02 Å². The van der Waals surface area contributed by atoms with Crippen LogP contribution in [0.3, 0.4) is 0 Å². The molecule has 2 heterocycles. The molecular weight excluding hydrogens is 288 g/mol. The van der Waals surface area contributed by atoms with Crippen LogP contribution in [0.25, 0.3) is 11.4 Å². The number of benzene rings is 1. The van der Waals surface area contributed by atoms with Gasteiger partial charge in [0.2, 0.25) is 0 Å². The number of nitrogens with zero attached hydrogens (tertiary/aromatic N) is 2. The molecule has 0 bridgehead atoms. The lowest BCUT2D eigenvalue weighted by Crippen LogP contribution is -2.21. The molecular formula is C16H17ClN2O2. The van der Waals surface area contributed by atoms with Crippen molar-refractivity contribution in [1.82, 2.24) is 9.97 Å². The van der Waals surface area contributed by atoms with Gasteiger partial charge < -0.3 is 9.47 Å². The molecule has 1 saturated heterocycles. The van der Waals surface area contributed by atoms with Crippen LogP contribution in [-0.4, -0.2) is 29.8 Å². The fourth-order valence-electron chi connectivity index (χ4n) is 2.29. The molecule has 110 valence electrons. The van der Waals surface area contributed by atoms with E-state index in [1.54, 1.807) is 12.4 Å². The second kappa shape index (κ2) is 6.87. The van der Waals surface area contributed by atoms with E-state index in [4.69, 9.17) is 21.1 Å². The first-order valence-electron chi connectivity index (χ1n) is 7.10. The molecule has 0 unspecified atom stereocenters. The third-order valence-electron chi connectivity index (χ3n) is 3.56. The zero-order chi connectivity index (χ0) is 14.5. The van der Waals surface area contributed by atoms with Gasteiger partial charge in [-0.3, -0.25) is 0 Å². The van der Waals surface area contributed by atoms with Crippen LogP contribution in [0.5, 0.6) is 5.75 Å². The van der Waals surface area contributed by atoms with Gasteiger partial charge in [-0.05, 0) is 43.0 Å². The minimum absolute atomic E-state index is 0.537. The summed E-state index contributed by atoms with van der Waals surface area (Å²) in [5.74, 6) is 2.13. The molecule has 0 amide bonds. The highest BCUT2D eigenvalue weighted by Crippen LogP contribution is 2.21. The van der Waals surface area contributed by atoms with Crippen LogP contribution in [-0.2, 0) is 4.74 Å². The SMILES string of the molecule is Clc1cnc(-c2ccc(OCC3CCOCC3)cc2)nc1. The van der Waals surface area contributed by atoms with E-state index in [2.05, 4.69) is 9.97 Å². The Morgan fingerprint density at radius 3 is 2.43 bits per heavy atom. The van der Waals surface area contributed by atoms with Crippen molar-refractivity contribution in [3.63, 3.8) is 0 Å². The Kier molecular flexibility index (Phi) is 4.68. The molecule has 21 heavy (non-hydrogen) atoms. The minimum atomic E-state index is 0.537. The lowest BCUT2D eigenvalue weighted by Gasteiger charge is -2.22. The van der Waals surface area contributed by atoms with E-state index in [1.807, 2.05) is 24.3 Å². The van der Waals surface area contributed by atoms with Crippen molar-refractivity contribution < 1.29 is 9.47 Å².